The first kappa shape index (κ1) is 30.3. The van der Waals surface area contributed by atoms with Gasteiger partial charge in [-0.25, -0.2) is 0 Å². The summed E-state index contributed by atoms with van der Waals surface area (Å²) in [5.41, 5.74) is 6.39. The lowest BCUT2D eigenvalue weighted by atomic mass is 9.84. The van der Waals surface area contributed by atoms with Crippen LogP contribution in [0.2, 0.25) is 0 Å². The number of carboxylic acids is 1. The summed E-state index contributed by atoms with van der Waals surface area (Å²) in [4.78, 5) is 30.2. The minimum absolute atomic E-state index is 0.0486. The number of aliphatic carboxylic acids is 1. The fourth-order valence-corrected chi connectivity index (χ4v) is 5.92. The molecule has 12 nitrogen and oxygen atoms in total. The average molecular weight is 575 g/mol. The van der Waals surface area contributed by atoms with Crippen molar-refractivity contribution in [2.24, 2.45) is 11.7 Å². The molecule has 1 fully saturated rings. The molecule has 1 amide bonds. The lowest BCUT2D eigenvalue weighted by molar-refractivity contribution is -0.144. The van der Waals surface area contributed by atoms with Crippen molar-refractivity contribution < 1.29 is 39.1 Å². The lowest BCUT2D eigenvalue weighted by Gasteiger charge is -2.30. The number of benzene rings is 1. The van der Waals surface area contributed by atoms with Crippen LogP contribution in [0.3, 0.4) is 0 Å². The van der Waals surface area contributed by atoms with E-state index in [2.05, 4.69) is 6.92 Å². The standard InChI is InChI=1S/C29H42N4O8/c1-3-4-11-31(12-6-5-10-30)26(36)17-32-16-20(19-14-22(39-2)28-23(15-19)40-18-41-28)27(29(37)38)21(32)9-13-33-24(34)7-8-25(33)35/h7-8,14-15,20-21,27,34-35H,3-6,9-13,16-18,30H2,1-2H3,(H,37,38)/t20-,21+,27-/m1/s1. The van der Waals surface area contributed by atoms with Crippen LogP contribution in [-0.2, 0) is 16.1 Å². The molecular formula is C29H42N4O8. The summed E-state index contributed by atoms with van der Waals surface area (Å²) < 4.78 is 18.0. The quantitative estimate of drug-likeness (QED) is 0.233. The minimum atomic E-state index is -0.988. The number of aromatic nitrogens is 1. The van der Waals surface area contributed by atoms with E-state index in [1.165, 1.54) is 23.8 Å². The van der Waals surface area contributed by atoms with Crippen molar-refractivity contribution in [3.63, 3.8) is 0 Å². The normalized spacial score (nSPS) is 19.9. The maximum absolute atomic E-state index is 13.6. The van der Waals surface area contributed by atoms with Crippen LogP contribution < -0.4 is 19.9 Å². The number of ether oxygens (including phenoxy) is 3. The van der Waals surface area contributed by atoms with Gasteiger partial charge in [0, 0.05) is 50.3 Å². The Kier molecular flexibility index (Phi) is 10.2. The van der Waals surface area contributed by atoms with Crippen molar-refractivity contribution in [3.8, 4) is 29.0 Å². The van der Waals surface area contributed by atoms with Gasteiger partial charge in [-0.1, -0.05) is 13.3 Å². The molecule has 0 saturated carbocycles. The largest absolute Gasteiger partial charge is 0.494 e. The topological polar surface area (TPSA) is 160 Å². The Bertz CT molecular complexity index is 1180. The predicted molar refractivity (Wildman–Crippen MR) is 150 cm³/mol. The Hall–Kier alpha value is -3.64. The minimum Gasteiger partial charge on any atom is -0.494 e. The van der Waals surface area contributed by atoms with Crippen LogP contribution in [0.1, 0.15) is 50.5 Å². The summed E-state index contributed by atoms with van der Waals surface area (Å²) in [5.74, 6) is -1.18. The molecule has 3 heterocycles. The molecule has 4 rings (SSSR count). The molecule has 12 heteroatoms. The van der Waals surface area contributed by atoms with Gasteiger partial charge in [0.15, 0.2) is 23.3 Å². The molecule has 1 aromatic carbocycles. The molecule has 2 aliphatic heterocycles. The maximum atomic E-state index is 13.6. The van der Waals surface area contributed by atoms with Crippen molar-refractivity contribution in [1.29, 1.82) is 0 Å². The third kappa shape index (κ3) is 6.82. The number of amides is 1. The zero-order valence-electron chi connectivity index (χ0n) is 23.8. The number of carbonyl (C=O) groups excluding carboxylic acids is 1. The molecule has 1 saturated heterocycles. The number of rotatable bonds is 15. The highest BCUT2D eigenvalue weighted by Gasteiger charge is 2.47. The van der Waals surface area contributed by atoms with Crippen LogP contribution in [0, 0.1) is 5.92 Å². The zero-order valence-corrected chi connectivity index (χ0v) is 23.8. The van der Waals surface area contributed by atoms with E-state index in [9.17, 15) is 24.9 Å². The Balaban J connectivity index is 1.64. The van der Waals surface area contributed by atoms with E-state index >= 15 is 0 Å². The third-order valence-corrected chi connectivity index (χ3v) is 8.08. The summed E-state index contributed by atoms with van der Waals surface area (Å²) in [6, 6.07) is 5.79. The smallest absolute Gasteiger partial charge is 0.308 e. The average Bonchev–Trinajstić information content (AvgIpc) is 3.66. The number of methoxy groups -OCH3 is 1. The van der Waals surface area contributed by atoms with Crippen molar-refractivity contribution in [2.45, 2.75) is 57.5 Å². The highest BCUT2D eigenvalue weighted by molar-refractivity contribution is 5.79. The molecule has 2 aliphatic rings. The number of nitrogens with zero attached hydrogens (tertiary/aromatic N) is 3. The number of carbonyl (C=O) groups is 2. The molecule has 5 N–H and O–H groups in total. The van der Waals surface area contributed by atoms with E-state index in [1.54, 1.807) is 12.1 Å². The molecule has 0 spiro atoms. The molecule has 0 aliphatic carbocycles. The van der Waals surface area contributed by atoms with Crippen molar-refractivity contribution >= 4 is 11.9 Å². The van der Waals surface area contributed by atoms with E-state index in [4.69, 9.17) is 19.9 Å². The van der Waals surface area contributed by atoms with Gasteiger partial charge in [0.1, 0.15) is 0 Å². The van der Waals surface area contributed by atoms with Gasteiger partial charge in [-0.15, -0.1) is 0 Å². The molecule has 226 valence electrons. The van der Waals surface area contributed by atoms with Crippen molar-refractivity contribution in [2.75, 3.05) is 46.6 Å². The summed E-state index contributed by atoms with van der Waals surface area (Å²) >= 11 is 0. The number of carboxylic acid groups (broad SMARTS) is 1. The van der Waals surface area contributed by atoms with Crippen LogP contribution in [0.5, 0.6) is 29.0 Å². The number of fused-ring (bicyclic) bond motifs is 1. The van der Waals surface area contributed by atoms with Crippen LogP contribution in [0.25, 0.3) is 0 Å². The monoisotopic (exact) mass is 574 g/mol. The summed E-state index contributed by atoms with van der Waals surface area (Å²) in [6.45, 7) is 4.48. The van der Waals surface area contributed by atoms with Gasteiger partial charge in [-0.3, -0.25) is 19.1 Å². The Labute approximate surface area is 240 Å². The van der Waals surface area contributed by atoms with E-state index in [0.717, 1.165) is 31.2 Å². The van der Waals surface area contributed by atoms with Crippen molar-refractivity contribution in [1.82, 2.24) is 14.4 Å². The molecule has 0 bridgehead atoms. The van der Waals surface area contributed by atoms with E-state index < -0.39 is 23.8 Å². The third-order valence-electron chi connectivity index (χ3n) is 8.08. The predicted octanol–water partition coefficient (Wildman–Crippen LogP) is 2.56. The van der Waals surface area contributed by atoms with Crippen LogP contribution in [0.4, 0.5) is 0 Å². The Morgan fingerprint density at radius 2 is 1.85 bits per heavy atom. The summed E-state index contributed by atoms with van der Waals surface area (Å²) in [7, 11) is 1.52. The maximum Gasteiger partial charge on any atom is 0.308 e. The van der Waals surface area contributed by atoms with Gasteiger partial charge < -0.3 is 40.2 Å². The summed E-state index contributed by atoms with van der Waals surface area (Å²) in [5, 5.41) is 30.9. The zero-order chi connectivity index (χ0) is 29.5. The van der Waals surface area contributed by atoms with E-state index in [-0.39, 0.29) is 37.5 Å². The fraction of sp³-hybridized carbons (Fsp3) is 0.586. The van der Waals surface area contributed by atoms with Crippen LogP contribution >= 0.6 is 0 Å². The molecular weight excluding hydrogens is 532 g/mol. The van der Waals surface area contributed by atoms with Gasteiger partial charge in [-0.2, -0.15) is 0 Å². The van der Waals surface area contributed by atoms with Gasteiger partial charge in [0.25, 0.3) is 0 Å². The molecule has 2 aromatic rings. The Morgan fingerprint density at radius 1 is 1.12 bits per heavy atom. The van der Waals surface area contributed by atoms with Gasteiger partial charge in [0.05, 0.1) is 19.6 Å². The number of unbranched alkanes of at least 4 members (excludes halogenated alkanes) is 2. The first-order valence-electron chi connectivity index (χ1n) is 14.3. The first-order valence-corrected chi connectivity index (χ1v) is 14.3. The SMILES string of the molecule is CCCCN(CCCCN)C(=O)CN1C[C@H](c2cc(OC)c3c(c2)OCO3)[C@@H](C(=O)O)[C@@H]1CCn1c(O)ccc1O. The molecule has 41 heavy (non-hydrogen) atoms. The lowest BCUT2D eigenvalue weighted by Crippen LogP contribution is -2.45. The van der Waals surface area contributed by atoms with Gasteiger partial charge in [-0.05, 0) is 49.9 Å². The molecule has 3 atom stereocenters. The number of hydrogen-bond donors (Lipinski definition) is 4. The molecule has 0 unspecified atom stereocenters. The second-order valence-corrected chi connectivity index (χ2v) is 10.6. The fourth-order valence-electron chi connectivity index (χ4n) is 5.92. The highest BCUT2D eigenvalue weighted by Crippen LogP contribution is 2.47. The highest BCUT2D eigenvalue weighted by atomic mass is 16.7. The number of hydrogen-bond acceptors (Lipinski definition) is 9. The molecule has 0 radical (unpaired) electrons. The number of likely N-dealkylation sites (tertiary alicyclic amines) is 1. The summed E-state index contributed by atoms with van der Waals surface area (Å²) in [6.07, 6.45) is 3.74. The second kappa shape index (κ2) is 13.8. The first-order chi connectivity index (χ1) is 19.8. The van der Waals surface area contributed by atoms with Crippen LogP contribution in [-0.4, -0.2) is 94.2 Å². The number of nitrogens with two attached hydrogens (primary N) is 1. The van der Waals surface area contributed by atoms with Gasteiger partial charge in [0.2, 0.25) is 18.4 Å². The van der Waals surface area contributed by atoms with Gasteiger partial charge >= 0.3 is 5.97 Å². The van der Waals surface area contributed by atoms with Crippen molar-refractivity contribution in [3.05, 3.63) is 29.8 Å². The molecule has 1 aromatic heterocycles. The van der Waals surface area contributed by atoms with Crippen LogP contribution in [0.15, 0.2) is 24.3 Å². The Morgan fingerprint density at radius 3 is 2.51 bits per heavy atom. The van der Waals surface area contributed by atoms with E-state index in [1.807, 2.05) is 9.80 Å². The second-order valence-electron chi connectivity index (χ2n) is 10.6. The van der Waals surface area contributed by atoms with E-state index in [0.29, 0.717) is 49.8 Å². The number of aromatic hydroxyl groups is 2.